The van der Waals surface area contributed by atoms with Crippen LogP contribution in [-0.2, 0) is 6.61 Å². The van der Waals surface area contributed by atoms with Crippen LogP contribution in [0.3, 0.4) is 0 Å². The third-order valence-electron chi connectivity index (χ3n) is 3.51. The number of nitrogens with two attached hydrogens (primary N) is 1. The molecule has 0 spiro atoms. The van der Waals surface area contributed by atoms with E-state index < -0.39 is 0 Å². The van der Waals surface area contributed by atoms with E-state index in [-0.39, 0.29) is 6.61 Å². The minimum absolute atomic E-state index is 0.130. The van der Waals surface area contributed by atoms with Crippen LogP contribution in [0, 0.1) is 0 Å². The number of pyridine rings is 1. The Balaban J connectivity index is 2.16. The number of fused-ring (bicyclic) bond motifs is 1. The van der Waals surface area contributed by atoms with E-state index in [0.717, 1.165) is 21.8 Å². The molecule has 0 atom stereocenters. The molecule has 3 rings (SSSR count). The molecule has 6 heteroatoms. The Morgan fingerprint density at radius 2 is 2.05 bits per heavy atom. The van der Waals surface area contributed by atoms with Crippen LogP contribution in [0.15, 0.2) is 23.6 Å². The van der Waals surface area contributed by atoms with Crippen LogP contribution in [-0.4, -0.2) is 15.1 Å². The Labute approximate surface area is 137 Å². The van der Waals surface area contributed by atoms with Crippen LogP contribution in [0.5, 0.6) is 0 Å². The van der Waals surface area contributed by atoms with Crippen molar-refractivity contribution in [1.82, 2.24) is 9.97 Å². The van der Waals surface area contributed by atoms with E-state index >= 15 is 0 Å². The van der Waals surface area contributed by atoms with Gasteiger partial charge < -0.3 is 10.8 Å². The van der Waals surface area contributed by atoms with E-state index in [2.05, 4.69) is 23.8 Å². The van der Waals surface area contributed by atoms with Crippen LogP contribution >= 0.6 is 22.9 Å². The van der Waals surface area contributed by atoms with E-state index in [1.807, 2.05) is 11.4 Å². The molecule has 0 aliphatic heterocycles. The third-order valence-corrected chi connectivity index (χ3v) is 4.75. The van der Waals surface area contributed by atoms with Gasteiger partial charge in [0, 0.05) is 21.5 Å². The van der Waals surface area contributed by atoms with Crippen LogP contribution in [0.4, 0.5) is 5.69 Å². The van der Waals surface area contributed by atoms with Crippen molar-refractivity contribution in [2.45, 2.75) is 26.4 Å². The first-order chi connectivity index (χ1) is 10.5. The summed E-state index contributed by atoms with van der Waals surface area (Å²) in [7, 11) is 0. The van der Waals surface area contributed by atoms with Gasteiger partial charge >= 0.3 is 0 Å². The topological polar surface area (TPSA) is 72.0 Å². The fourth-order valence-corrected chi connectivity index (χ4v) is 3.38. The zero-order valence-electron chi connectivity index (χ0n) is 12.3. The minimum Gasteiger partial charge on any atom is -0.398 e. The van der Waals surface area contributed by atoms with Crippen molar-refractivity contribution < 1.29 is 5.11 Å². The van der Waals surface area contributed by atoms with Gasteiger partial charge in [0.05, 0.1) is 17.8 Å². The number of anilines is 1. The lowest BCUT2D eigenvalue weighted by Gasteiger charge is -2.08. The second kappa shape index (κ2) is 5.83. The zero-order valence-corrected chi connectivity index (χ0v) is 13.9. The highest BCUT2D eigenvalue weighted by molar-refractivity contribution is 7.13. The van der Waals surface area contributed by atoms with Crippen molar-refractivity contribution in [2.24, 2.45) is 0 Å². The minimum atomic E-state index is -0.130. The van der Waals surface area contributed by atoms with Crippen LogP contribution in [0.25, 0.3) is 21.6 Å². The molecule has 0 fully saturated rings. The molecular formula is C16H16ClN3OS. The number of aliphatic hydroxyl groups excluding tert-OH is 1. The number of halogens is 1. The van der Waals surface area contributed by atoms with Gasteiger partial charge in [-0.1, -0.05) is 25.4 Å². The number of nitrogen functional groups attached to an aromatic ring is 1. The summed E-state index contributed by atoms with van der Waals surface area (Å²) < 4.78 is 0. The normalized spacial score (nSPS) is 11.5. The number of nitrogens with zero attached hydrogens (tertiary/aromatic N) is 2. The second-order valence-electron chi connectivity index (χ2n) is 5.45. The first-order valence-corrected chi connectivity index (χ1v) is 8.20. The maximum absolute atomic E-state index is 9.34. The second-order valence-corrected chi connectivity index (χ2v) is 6.71. The quantitative estimate of drug-likeness (QED) is 0.753. The number of hydrogen-bond acceptors (Lipinski definition) is 5. The molecule has 0 radical (unpaired) electrons. The summed E-state index contributed by atoms with van der Waals surface area (Å²) in [5.41, 5.74) is 9.89. The first kappa shape index (κ1) is 15.2. The third kappa shape index (κ3) is 2.67. The van der Waals surface area contributed by atoms with Gasteiger partial charge in [-0.3, -0.25) is 0 Å². The molecule has 0 unspecified atom stereocenters. The van der Waals surface area contributed by atoms with Gasteiger partial charge in [0.2, 0.25) is 0 Å². The lowest BCUT2D eigenvalue weighted by molar-refractivity contribution is 0.282. The summed E-state index contributed by atoms with van der Waals surface area (Å²) in [6, 6.07) is 5.34. The lowest BCUT2D eigenvalue weighted by Crippen LogP contribution is -1.95. The van der Waals surface area contributed by atoms with Gasteiger partial charge in [-0.05, 0) is 29.7 Å². The number of thiazole rings is 1. The molecule has 1 aromatic carbocycles. The molecule has 22 heavy (non-hydrogen) atoms. The van der Waals surface area contributed by atoms with Crippen molar-refractivity contribution in [3.63, 3.8) is 0 Å². The summed E-state index contributed by atoms with van der Waals surface area (Å²) >= 11 is 7.67. The predicted octanol–water partition coefficient (Wildman–Crippen LogP) is 4.21. The van der Waals surface area contributed by atoms with Crippen LogP contribution in [0.1, 0.15) is 31.0 Å². The molecular weight excluding hydrogens is 318 g/mol. The van der Waals surface area contributed by atoms with Crippen molar-refractivity contribution in [3.8, 4) is 10.7 Å². The smallest absolute Gasteiger partial charge is 0.142 e. The molecule has 0 aliphatic carbocycles. The number of aliphatic hydroxyl groups is 1. The van der Waals surface area contributed by atoms with Gasteiger partial charge in [0.1, 0.15) is 10.7 Å². The summed E-state index contributed by atoms with van der Waals surface area (Å²) in [5.74, 6) is 0.377. The Morgan fingerprint density at radius 1 is 1.27 bits per heavy atom. The van der Waals surface area contributed by atoms with E-state index in [1.54, 1.807) is 23.5 Å². The maximum Gasteiger partial charge on any atom is 0.142 e. The standard InChI is InChI=1S/C16H16ClN3OS/c1-8(2)15-7-22-16(20-15)14-5-12(18)10-4-11(17)9(6-21)3-13(10)19-14/h3-5,7-8,21H,6H2,1-2H3,(H2,18,19). The van der Waals surface area contributed by atoms with Crippen LogP contribution in [0.2, 0.25) is 5.02 Å². The Kier molecular flexibility index (Phi) is 4.04. The van der Waals surface area contributed by atoms with E-state index in [0.29, 0.717) is 27.7 Å². The molecule has 0 saturated carbocycles. The van der Waals surface area contributed by atoms with Gasteiger partial charge in [-0.2, -0.15) is 0 Å². The fraction of sp³-hybridized carbons (Fsp3) is 0.250. The highest BCUT2D eigenvalue weighted by Gasteiger charge is 2.12. The van der Waals surface area contributed by atoms with Crippen molar-refractivity contribution in [2.75, 3.05) is 5.73 Å². The van der Waals surface area contributed by atoms with Gasteiger partial charge in [0.15, 0.2) is 0 Å². The highest BCUT2D eigenvalue weighted by atomic mass is 35.5. The molecule has 2 heterocycles. The maximum atomic E-state index is 9.34. The SMILES string of the molecule is CC(C)c1csc(-c2cc(N)c3cc(Cl)c(CO)cc3n2)n1. The molecule has 0 aliphatic rings. The van der Waals surface area contributed by atoms with Crippen molar-refractivity contribution >= 4 is 39.5 Å². The Bertz CT molecular complexity index is 845. The van der Waals surface area contributed by atoms with E-state index in [1.165, 1.54) is 0 Å². The summed E-state index contributed by atoms with van der Waals surface area (Å²) in [4.78, 5) is 9.24. The molecule has 114 valence electrons. The Morgan fingerprint density at radius 3 is 2.68 bits per heavy atom. The molecule has 3 N–H and O–H groups in total. The number of rotatable bonds is 3. The average molecular weight is 334 g/mol. The summed E-state index contributed by atoms with van der Waals surface area (Å²) in [6.45, 7) is 4.09. The molecule has 0 saturated heterocycles. The number of benzene rings is 1. The van der Waals surface area contributed by atoms with E-state index in [4.69, 9.17) is 17.3 Å². The fourth-order valence-electron chi connectivity index (χ4n) is 2.22. The Hall–Kier alpha value is -1.69. The van der Waals surface area contributed by atoms with Gasteiger partial charge in [-0.15, -0.1) is 11.3 Å². The molecule has 0 bridgehead atoms. The highest BCUT2D eigenvalue weighted by Crippen LogP contribution is 2.32. The summed E-state index contributed by atoms with van der Waals surface area (Å²) in [5, 5.41) is 13.5. The number of aromatic nitrogens is 2. The van der Waals surface area contributed by atoms with E-state index in [9.17, 15) is 5.11 Å². The largest absolute Gasteiger partial charge is 0.398 e. The molecule has 0 amide bonds. The first-order valence-electron chi connectivity index (χ1n) is 6.95. The molecule has 3 aromatic rings. The predicted molar refractivity (Wildman–Crippen MR) is 92.3 cm³/mol. The number of hydrogen-bond donors (Lipinski definition) is 2. The molecule has 2 aromatic heterocycles. The average Bonchev–Trinajstić information content (AvgIpc) is 2.97. The monoisotopic (exact) mass is 333 g/mol. The van der Waals surface area contributed by atoms with Crippen LogP contribution < -0.4 is 5.73 Å². The van der Waals surface area contributed by atoms with Gasteiger partial charge in [0.25, 0.3) is 0 Å². The van der Waals surface area contributed by atoms with Crippen molar-refractivity contribution in [1.29, 1.82) is 0 Å². The summed E-state index contributed by atoms with van der Waals surface area (Å²) in [6.07, 6.45) is 0. The van der Waals surface area contributed by atoms with Crippen molar-refractivity contribution in [3.05, 3.63) is 39.9 Å². The van der Waals surface area contributed by atoms with Gasteiger partial charge in [-0.25, -0.2) is 9.97 Å². The zero-order chi connectivity index (χ0) is 15.9. The molecule has 4 nitrogen and oxygen atoms in total. The lowest BCUT2D eigenvalue weighted by atomic mass is 10.1.